The number of esters is 1. The van der Waals surface area contributed by atoms with E-state index in [0.29, 0.717) is 11.7 Å². The molecule has 1 aliphatic heterocycles. The van der Waals surface area contributed by atoms with Gasteiger partial charge in [-0.3, -0.25) is 0 Å². The van der Waals surface area contributed by atoms with Crippen molar-refractivity contribution in [3.63, 3.8) is 0 Å². The van der Waals surface area contributed by atoms with E-state index in [0.717, 1.165) is 25.7 Å². The van der Waals surface area contributed by atoms with E-state index in [-0.39, 0.29) is 11.6 Å². The van der Waals surface area contributed by atoms with Crippen LogP contribution in [0.2, 0.25) is 0 Å². The topological polar surface area (TPSA) is 35.5 Å². The van der Waals surface area contributed by atoms with Crippen molar-refractivity contribution in [1.82, 2.24) is 0 Å². The molecule has 0 radical (unpaired) electrons. The zero-order valence-electron chi connectivity index (χ0n) is 10.8. The Morgan fingerprint density at radius 2 is 2.18 bits per heavy atom. The molecular formula is C14H22O3. The van der Waals surface area contributed by atoms with Gasteiger partial charge in [-0.1, -0.05) is 13.3 Å². The summed E-state index contributed by atoms with van der Waals surface area (Å²) >= 11 is 0. The van der Waals surface area contributed by atoms with Crippen molar-refractivity contribution in [3.8, 4) is 0 Å². The zero-order valence-corrected chi connectivity index (χ0v) is 10.8. The zero-order chi connectivity index (χ0) is 12.3. The van der Waals surface area contributed by atoms with Gasteiger partial charge in [0.25, 0.3) is 0 Å². The van der Waals surface area contributed by atoms with Gasteiger partial charge in [0, 0.05) is 5.92 Å². The largest absolute Gasteiger partial charge is 0.480 e. The van der Waals surface area contributed by atoms with Crippen LogP contribution in [-0.4, -0.2) is 18.7 Å². The maximum atomic E-state index is 11.6. The van der Waals surface area contributed by atoms with Crippen LogP contribution in [0.3, 0.4) is 0 Å². The van der Waals surface area contributed by atoms with E-state index in [9.17, 15) is 4.79 Å². The first-order chi connectivity index (χ1) is 8.22. The average Bonchev–Trinajstić information content (AvgIpc) is 2.38. The Bertz CT molecular complexity index is 313. The van der Waals surface area contributed by atoms with Gasteiger partial charge in [0.05, 0.1) is 7.11 Å². The summed E-state index contributed by atoms with van der Waals surface area (Å²) in [6.45, 7) is 2.21. The first kappa shape index (κ1) is 12.5. The van der Waals surface area contributed by atoms with Crippen LogP contribution in [0.15, 0.2) is 11.8 Å². The minimum atomic E-state index is -0.329. The van der Waals surface area contributed by atoms with E-state index in [4.69, 9.17) is 9.47 Å². The number of rotatable bonds is 2. The van der Waals surface area contributed by atoms with Gasteiger partial charge in [0.2, 0.25) is 5.76 Å². The molecule has 2 aliphatic rings. The van der Waals surface area contributed by atoms with Crippen molar-refractivity contribution in [2.75, 3.05) is 7.11 Å². The molecular weight excluding hydrogens is 216 g/mol. The maximum Gasteiger partial charge on any atom is 0.372 e. The number of hydrogen-bond donors (Lipinski definition) is 0. The highest BCUT2D eigenvalue weighted by molar-refractivity contribution is 5.86. The van der Waals surface area contributed by atoms with Crippen LogP contribution in [0.1, 0.15) is 51.9 Å². The number of methoxy groups -OCH3 is 1. The number of carbonyl (C=O) groups is 1. The number of hydrogen-bond acceptors (Lipinski definition) is 3. The van der Waals surface area contributed by atoms with E-state index in [2.05, 4.69) is 6.92 Å². The Kier molecular flexibility index (Phi) is 3.75. The van der Waals surface area contributed by atoms with Crippen molar-refractivity contribution in [3.05, 3.63) is 11.8 Å². The molecule has 0 aromatic heterocycles. The lowest BCUT2D eigenvalue weighted by molar-refractivity contribution is -0.151. The van der Waals surface area contributed by atoms with Gasteiger partial charge in [-0.2, -0.15) is 0 Å². The highest BCUT2D eigenvalue weighted by Crippen LogP contribution is 2.45. The molecule has 0 bridgehead atoms. The lowest BCUT2D eigenvalue weighted by Crippen LogP contribution is -2.45. The van der Waals surface area contributed by atoms with Crippen molar-refractivity contribution >= 4 is 5.97 Å². The van der Waals surface area contributed by atoms with Crippen LogP contribution < -0.4 is 0 Å². The van der Waals surface area contributed by atoms with E-state index >= 15 is 0 Å². The lowest BCUT2D eigenvalue weighted by Gasteiger charge is -2.45. The van der Waals surface area contributed by atoms with Crippen LogP contribution in [0.25, 0.3) is 0 Å². The quantitative estimate of drug-likeness (QED) is 0.693. The van der Waals surface area contributed by atoms with E-state index < -0.39 is 0 Å². The minimum absolute atomic E-state index is 0.0920. The van der Waals surface area contributed by atoms with E-state index in [1.54, 1.807) is 0 Å². The predicted molar refractivity (Wildman–Crippen MR) is 65.4 cm³/mol. The molecule has 1 unspecified atom stereocenters. The normalized spacial score (nSPS) is 27.2. The van der Waals surface area contributed by atoms with Crippen LogP contribution in [0.4, 0.5) is 0 Å². The van der Waals surface area contributed by atoms with Crippen LogP contribution in [-0.2, 0) is 14.3 Å². The van der Waals surface area contributed by atoms with E-state index in [1.807, 2.05) is 6.08 Å². The summed E-state index contributed by atoms with van der Waals surface area (Å²) in [6.07, 6.45) is 9.85. The maximum absolute atomic E-state index is 11.6. The fraction of sp³-hybridized carbons (Fsp3) is 0.786. The molecule has 1 heterocycles. The van der Waals surface area contributed by atoms with Gasteiger partial charge >= 0.3 is 5.97 Å². The van der Waals surface area contributed by atoms with Gasteiger partial charge in [0.1, 0.15) is 5.60 Å². The molecule has 1 atom stereocenters. The van der Waals surface area contributed by atoms with Crippen LogP contribution >= 0.6 is 0 Å². The third kappa shape index (κ3) is 2.33. The average molecular weight is 238 g/mol. The van der Waals surface area contributed by atoms with Gasteiger partial charge in [-0.25, -0.2) is 4.79 Å². The lowest BCUT2D eigenvalue weighted by atomic mass is 9.72. The second-order valence-corrected chi connectivity index (χ2v) is 5.13. The predicted octanol–water partition coefficient (Wildman–Crippen LogP) is 3.19. The smallest absolute Gasteiger partial charge is 0.372 e. The van der Waals surface area contributed by atoms with Gasteiger partial charge in [0.15, 0.2) is 0 Å². The third-order valence-corrected chi connectivity index (χ3v) is 4.22. The monoisotopic (exact) mass is 238 g/mol. The molecule has 1 saturated carbocycles. The summed E-state index contributed by atoms with van der Waals surface area (Å²) in [4.78, 5) is 11.6. The Morgan fingerprint density at radius 3 is 2.76 bits per heavy atom. The van der Waals surface area contributed by atoms with Gasteiger partial charge in [-0.05, 0) is 44.6 Å². The standard InChI is InChI=1S/C14H22O3/c1-3-11-7-8-12(13(15)16-2)17-14(11)9-5-4-6-10-14/h8,11H,3-7,9-10H2,1-2H3. The molecule has 17 heavy (non-hydrogen) atoms. The highest BCUT2D eigenvalue weighted by atomic mass is 16.6. The summed E-state index contributed by atoms with van der Waals surface area (Å²) in [5.41, 5.74) is -0.0920. The summed E-state index contributed by atoms with van der Waals surface area (Å²) < 4.78 is 10.8. The SMILES string of the molecule is CCC1CC=C(C(=O)OC)OC12CCCCC2. The second-order valence-electron chi connectivity index (χ2n) is 5.13. The molecule has 1 spiro atoms. The number of ether oxygens (including phenoxy) is 2. The van der Waals surface area contributed by atoms with Crippen molar-refractivity contribution in [1.29, 1.82) is 0 Å². The number of allylic oxidation sites excluding steroid dienone is 1. The fourth-order valence-corrected chi connectivity index (χ4v) is 3.23. The summed E-state index contributed by atoms with van der Waals surface area (Å²) in [7, 11) is 1.41. The molecule has 2 rings (SSSR count). The van der Waals surface area contributed by atoms with Crippen LogP contribution in [0.5, 0.6) is 0 Å². The van der Waals surface area contributed by atoms with Crippen LogP contribution in [0, 0.1) is 5.92 Å². The Hall–Kier alpha value is -0.990. The van der Waals surface area contributed by atoms with E-state index in [1.165, 1.54) is 26.4 Å². The molecule has 3 nitrogen and oxygen atoms in total. The Morgan fingerprint density at radius 1 is 1.47 bits per heavy atom. The fourth-order valence-electron chi connectivity index (χ4n) is 3.23. The third-order valence-electron chi connectivity index (χ3n) is 4.22. The molecule has 1 aliphatic carbocycles. The second kappa shape index (κ2) is 5.11. The van der Waals surface area contributed by atoms with Crippen molar-refractivity contribution in [2.45, 2.75) is 57.5 Å². The highest BCUT2D eigenvalue weighted by Gasteiger charge is 2.44. The molecule has 0 amide bonds. The molecule has 96 valence electrons. The molecule has 0 N–H and O–H groups in total. The van der Waals surface area contributed by atoms with Crippen molar-refractivity contribution < 1.29 is 14.3 Å². The number of carbonyl (C=O) groups excluding carboxylic acids is 1. The van der Waals surface area contributed by atoms with Gasteiger partial charge < -0.3 is 9.47 Å². The van der Waals surface area contributed by atoms with Crippen molar-refractivity contribution in [2.24, 2.45) is 5.92 Å². The summed E-state index contributed by atoms with van der Waals surface area (Å²) in [5, 5.41) is 0. The van der Waals surface area contributed by atoms with Gasteiger partial charge in [-0.15, -0.1) is 0 Å². The summed E-state index contributed by atoms with van der Waals surface area (Å²) in [6, 6.07) is 0. The molecule has 3 heteroatoms. The first-order valence-electron chi connectivity index (χ1n) is 6.69. The molecule has 0 aromatic carbocycles. The Labute approximate surface area is 103 Å². The minimum Gasteiger partial charge on any atom is -0.480 e. The molecule has 0 saturated heterocycles. The first-order valence-corrected chi connectivity index (χ1v) is 6.69. The summed E-state index contributed by atoms with van der Waals surface area (Å²) in [5.74, 6) is 0.653. The molecule has 1 fully saturated rings. The molecule has 0 aromatic rings. The Balaban J connectivity index is 2.18.